The smallest absolute Gasteiger partial charge is 0.279 e. The molecule has 0 spiro atoms. The molecular weight excluding hydrogens is 480 g/mol. The Morgan fingerprint density at radius 2 is 1.59 bits per heavy atom. The summed E-state index contributed by atoms with van der Waals surface area (Å²) in [5, 5.41) is 4.05. The second kappa shape index (κ2) is 9.39. The van der Waals surface area contributed by atoms with E-state index >= 15 is 0 Å². The molecule has 0 atom stereocenters. The highest BCUT2D eigenvalue weighted by atomic mass is 35.5. The van der Waals surface area contributed by atoms with Gasteiger partial charge in [0, 0.05) is 20.8 Å². The van der Waals surface area contributed by atoms with Crippen LogP contribution in [-0.2, 0) is 14.8 Å². The molecule has 1 aliphatic rings. The van der Waals surface area contributed by atoms with Crippen LogP contribution in [0.5, 0.6) is 0 Å². The van der Waals surface area contributed by atoms with Crippen molar-refractivity contribution >= 4 is 68.0 Å². The van der Waals surface area contributed by atoms with Crippen molar-refractivity contribution in [2.75, 3.05) is 38.0 Å². The molecule has 1 fully saturated rings. The second-order valence-corrected chi connectivity index (χ2v) is 10.2. The van der Waals surface area contributed by atoms with Crippen LogP contribution in [0.3, 0.4) is 0 Å². The van der Waals surface area contributed by atoms with Crippen LogP contribution in [-0.4, -0.2) is 51.4 Å². The molecule has 29 heavy (non-hydrogen) atoms. The molecule has 0 aliphatic carbocycles. The van der Waals surface area contributed by atoms with E-state index in [9.17, 15) is 13.2 Å². The van der Waals surface area contributed by atoms with Crippen molar-refractivity contribution in [3.63, 3.8) is 0 Å². The molecule has 11 heteroatoms. The average Bonchev–Trinajstić information content (AvgIpc) is 2.63. The number of piperazine rings is 1. The van der Waals surface area contributed by atoms with Gasteiger partial charge in [0.05, 0.1) is 31.2 Å². The van der Waals surface area contributed by atoms with Gasteiger partial charge in [-0.3, -0.25) is 4.79 Å². The fourth-order valence-corrected chi connectivity index (χ4v) is 5.80. The van der Waals surface area contributed by atoms with Crippen LogP contribution in [0, 0.1) is 0 Å². The minimum absolute atomic E-state index is 0.00862. The van der Waals surface area contributed by atoms with Gasteiger partial charge in [-0.1, -0.05) is 46.4 Å². The molecule has 1 saturated heterocycles. The SMILES string of the molecule is O=C(C[NH+]1CCN(S(=O)(=O)c2cc(Cl)ccc2Cl)CC1)Nc1cc(Cl)cc(Cl)c1. The number of anilines is 1. The molecule has 2 aromatic rings. The molecule has 2 aromatic carbocycles. The summed E-state index contributed by atoms with van der Waals surface area (Å²) in [7, 11) is -3.75. The van der Waals surface area contributed by atoms with Crippen molar-refractivity contribution in [1.82, 2.24) is 4.31 Å². The van der Waals surface area contributed by atoms with Crippen LogP contribution in [0.15, 0.2) is 41.3 Å². The lowest BCUT2D eigenvalue weighted by Crippen LogP contribution is -3.15. The Labute approximate surface area is 189 Å². The first-order valence-corrected chi connectivity index (χ1v) is 11.6. The van der Waals surface area contributed by atoms with Gasteiger partial charge in [-0.2, -0.15) is 4.31 Å². The molecule has 2 N–H and O–H groups in total. The van der Waals surface area contributed by atoms with Gasteiger partial charge in [0.1, 0.15) is 4.90 Å². The lowest BCUT2D eigenvalue weighted by atomic mass is 10.3. The maximum Gasteiger partial charge on any atom is 0.279 e. The monoisotopic (exact) mass is 496 g/mol. The molecule has 1 amide bonds. The van der Waals surface area contributed by atoms with E-state index in [0.29, 0.717) is 33.8 Å². The minimum Gasteiger partial charge on any atom is -0.325 e. The molecular formula is C18H18Cl4N3O3S+. The minimum atomic E-state index is -3.75. The summed E-state index contributed by atoms with van der Waals surface area (Å²) < 4.78 is 27.1. The van der Waals surface area contributed by atoms with E-state index in [0.717, 1.165) is 4.90 Å². The normalized spacial score (nSPS) is 16.0. The number of hydrogen-bond donors (Lipinski definition) is 2. The van der Waals surface area contributed by atoms with Crippen molar-refractivity contribution < 1.29 is 18.1 Å². The van der Waals surface area contributed by atoms with Crippen molar-refractivity contribution in [3.8, 4) is 0 Å². The molecule has 0 saturated carbocycles. The van der Waals surface area contributed by atoms with Gasteiger partial charge in [-0.05, 0) is 36.4 Å². The zero-order chi connectivity index (χ0) is 21.2. The quantitative estimate of drug-likeness (QED) is 0.667. The van der Waals surface area contributed by atoms with Gasteiger partial charge in [-0.25, -0.2) is 8.42 Å². The van der Waals surface area contributed by atoms with Crippen LogP contribution < -0.4 is 10.2 Å². The average molecular weight is 498 g/mol. The van der Waals surface area contributed by atoms with Crippen molar-refractivity contribution in [2.24, 2.45) is 0 Å². The number of quaternary nitrogens is 1. The number of halogens is 4. The highest BCUT2D eigenvalue weighted by molar-refractivity contribution is 7.89. The predicted molar refractivity (Wildman–Crippen MR) is 116 cm³/mol. The molecule has 6 nitrogen and oxygen atoms in total. The van der Waals surface area contributed by atoms with E-state index in [4.69, 9.17) is 46.4 Å². The molecule has 1 aliphatic heterocycles. The standard InChI is InChI=1S/C18H17Cl4N3O3S/c19-12-1-2-16(22)17(10-12)29(27,28)25-5-3-24(4-6-25)11-18(26)23-15-8-13(20)7-14(21)9-15/h1-2,7-10H,3-6,11H2,(H,23,26)/p+1. The van der Waals surface area contributed by atoms with Gasteiger partial charge in [-0.15, -0.1) is 0 Å². The number of nitrogens with one attached hydrogen (secondary N) is 2. The summed E-state index contributed by atoms with van der Waals surface area (Å²) in [5.74, 6) is -0.201. The largest absolute Gasteiger partial charge is 0.325 e. The van der Waals surface area contributed by atoms with Gasteiger partial charge < -0.3 is 10.2 Å². The van der Waals surface area contributed by atoms with E-state index in [1.54, 1.807) is 18.2 Å². The first-order valence-electron chi connectivity index (χ1n) is 8.70. The van der Waals surface area contributed by atoms with Crippen LogP contribution >= 0.6 is 46.4 Å². The Morgan fingerprint density at radius 1 is 0.966 bits per heavy atom. The third-order valence-electron chi connectivity index (χ3n) is 4.50. The molecule has 156 valence electrons. The summed E-state index contributed by atoms with van der Waals surface area (Å²) in [4.78, 5) is 13.3. The number of amides is 1. The van der Waals surface area contributed by atoms with Crippen molar-refractivity contribution in [2.45, 2.75) is 4.90 Å². The number of benzene rings is 2. The Hall–Kier alpha value is -1.06. The number of hydrogen-bond acceptors (Lipinski definition) is 3. The van der Waals surface area contributed by atoms with Gasteiger partial charge in [0.25, 0.3) is 5.91 Å². The lowest BCUT2D eigenvalue weighted by Gasteiger charge is -2.31. The maximum atomic E-state index is 12.9. The Balaban J connectivity index is 1.58. The van der Waals surface area contributed by atoms with E-state index in [1.165, 1.54) is 22.5 Å². The van der Waals surface area contributed by atoms with Crippen molar-refractivity contribution in [1.29, 1.82) is 0 Å². The lowest BCUT2D eigenvalue weighted by molar-refractivity contribution is -0.895. The summed E-state index contributed by atoms with van der Waals surface area (Å²) in [6, 6.07) is 9.15. The van der Waals surface area contributed by atoms with E-state index in [1.807, 2.05) is 0 Å². The van der Waals surface area contributed by atoms with Crippen LogP contribution in [0.2, 0.25) is 20.1 Å². The van der Waals surface area contributed by atoms with Crippen LogP contribution in [0.25, 0.3) is 0 Å². The van der Waals surface area contributed by atoms with Crippen molar-refractivity contribution in [3.05, 3.63) is 56.5 Å². The van der Waals surface area contributed by atoms with Gasteiger partial charge >= 0.3 is 0 Å². The Bertz CT molecular complexity index is 1000. The zero-order valence-electron chi connectivity index (χ0n) is 15.1. The van der Waals surface area contributed by atoms with Gasteiger partial charge in [0.15, 0.2) is 6.54 Å². The van der Waals surface area contributed by atoms with E-state index in [-0.39, 0.29) is 35.5 Å². The zero-order valence-corrected chi connectivity index (χ0v) is 18.9. The number of carbonyl (C=O) groups is 1. The van der Waals surface area contributed by atoms with Crippen LogP contribution in [0.1, 0.15) is 0 Å². The van der Waals surface area contributed by atoms with E-state index in [2.05, 4.69) is 5.32 Å². The Kier molecular flexibility index (Phi) is 7.32. The Morgan fingerprint density at radius 3 is 2.21 bits per heavy atom. The summed E-state index contributed by atoms with van der Waals surface area (Å²) >= 11 is 23.8. The fourth-order valence-electron chi connectivity index (χ4n) is 3.09. The number of carbonyl (C=O) groups excluding carboxylic acids is 1. The number of nitrogens with zero attached hydrogens (tertiary/aromatic N) is 1. The molecule has 0 bridgehead atoms. The predicted octanol–water partition coefficient (Wildman–Crippen LogP) is 2.83. The summed E-state index contributed by atoms with van der Waals surface area (Å²) in [6.07, 6.45) is 0. The first kappa shape index (κ1) is 22.6. The van der Waals surface area contributed by atoms with Gasteiger partial charge in [0.2, 0.25) is 10.0 Å². The fraction of sp³-hybridized carbons (Fsp3) is 0.278. The van der Waals surface area contributed by atoms with E-state index < -0.39 is 10.0 Å². The van der Waals surface area contributed by atoms with Crippen LogP contribution in [0.4, 0.5) is 5.69 Å². The third kappa shape index (κ3) is 5.76. The molecule has 0 radical (unpaired) electrons. The summed E-state index contributed by atoms with van der Waals surface area (Å²) in [5.41, 5.74) is 0.517. The number of sulfonamides is 1. The highest BCUT2D eigenvalue weighted by Crippen LogP contribution is 2.27. The molecule has 1 heterocycles. The second-order valence-electron chi connectivity index (χ2n) is 6.61. The first-order chi connectivity index (χ1) is 13.6. The molecule has 3 rings (SSSR count). The molecule has 0 aromatic heterocycles. The topological polar surface area (TPSA) is 70.9 Å². The third-order valence-corrected chi connectivity index (χ3v) is 7.55. The summed E-state index contributed by atoms with van der Waals surface area (Å²) in [6.45, 7) is 1.73. The number of rotatable bonds is 5. The molecule has 0 unspecified atom stereocenters. The highest BCUT2D eigenvalue weighted by Gasteiger charge is 2.32. The maximum absolute atomic E-state index is 12.9.